The second-order valence-electron chi connectivity index (χ2n) is 10.4. The van der Waals surface area contributed by atoms with E-state index in [0.29, 0.717) is 18.7 Å². The van der Waals surface area contributed by atoms with Gasteiger partial charge in [0.2, 0.25) is 0 Å². The summed E-state index contributed by atoms with van der Waals surface area (Å²) >= 11 is 0. The number of fused-ring (bicyclic) bond motifs is 1. The van der Waals surface area contributed by atoms with Gasteiger partial charge in [0.25, 0.3) is 5.56 Å². The Kier molecular flexibility index (Phi) is 8.16. The third-order valence-corrected chi connectivity index (χ3v) is 6.80. The zero-order valence-corrected chi connectivity index (χ0v) is 22.6. The van der Waals surface area contributed by atoms with Crippen molar-refractivity contribution in [1.29, 1.82) is 0 Å². The Labute approximate surface area is 217 Å². The number of imidazole rings is 1. The van der Waals surface area contributed by atoms with Crippen molar-refractivity contribution in [3.05, 3.63) is 51.9 Å². The molecule has 3 heterocycles. The molecule has 0 saturated carbocycles. The number of aliphatic hydroxyl groups is 1. The number of likely N-dealkylation sites (N-methyl/N-ethyl adjacent to an activating group) is 1. The van der Waals surface area contributed by atoms with Crippen LogP contribution < -0.4 is 5.56 Å². The van der Waals surface area contributed by atoms with E-state index in [9.17, 15) is 14.7 Å². The number of rotatable bonds is 9. The van der Waals surface area contributed by atoms with Crippen LogP contribution in [0.25, 0.3) is 22.4 Å². The lowest BCUT2D eigenvalue weighted by Crippen LogP contribution is -2.47. The molecule has 0 bridgehead atoms. The van der Waals surface area contributed by atoms with Gasteiger partial charge in [-0.05, 0) is 71.3 Å². The van der Waals surface area contributed by atoms with Crippen molar-refractivity contribution < 1.29 is 19.4 Å². The fraction of sp³-hybridized carbons (Fsp3) is 0.536. The minimum atomic E-state index is -0.885. The number of hydrogen-bond donors (Lipinski definition) is 1. The van der Waals surface area contributed by atoms with Crippen molar-refractivity contribution in [2.45, 2.75) is 78.0 Å². The van der Waals surface area contributed by atoms with Gasteiger partial charge in [0.05, 0.1) is 35.9 Å². The first-order chi connectivity index (χ1) is 17.5. The number of carbonyl (C=O) groups excluding carboxylic acids is 1. The Balaban J connectivity index is 1.72. The number of carbonyl (C=O) groups is 1. The van der Waals surface area contributed by atoms with E-state index in [0.717, 1.165) is 47.4 Å². The predicted octanol–water partition coefficient (Wildman–Crippen LogP) is 3.02. The molecule has 4 rings (SSSR count). The topological polar surface area (TPSA) is 98.8 Å². The van der Waals surface area contributed by atoms with E-state index in [-0.39, 0.29) is 17.8 Å². The van der Waals surface area contributed by atoms with Gasteiger partial charge in [-0.15, -0.1) is 0 Å². The largest absolute Gasteiger partial charge is 0.462 e. The second kappa shape index (κ2) is 11.2. The normalized spacial score (nSPS) is 17.6. The molecule has 1 N–H and O–H groups in total. The van der Waals surface area contributed by atoms with Crippen molar-refractivity contribution in [3.8, 4) is 11.4 Å². The Morgan fingerprint density at radius 3 is 2.68 bits per heavy atom. The SMILES string of the molecule is Cc1cc(-c2nc3ccc(CN(C)[C@H](C(=O)OC(C)C)[C@@H](C)O)cc3n2C[C@@H]2CCCO2)cn(C)c1=O. The maximum Gasteiger partial charge on any atom is 0.326 e. The molecule has 9 heteroatoms. The van der Waals surface area contributed by atoms with Gasteiger partial charge in [-0.3, -0.25) is 14.5 Å². The quantitative estimate of drug-likeness (QED) is 0.442. The number of aliphatic hydroxyl groups excluding tert-OH is 1. The van der Waals surface area contributed by atoms with Crippen LogP contribution in [0.4, 0.5) is 0 Å². The van der Waals surface area contributed by atoms with Gasteiger partial charge in [0.15, 0.2) is 0 Å². The average Bonchev–Trinajstić information content (AvgIpc) is 3.45. The van der Waals surface area contributed by atoms with E-state index < -0.39 is 18.1 Å². The number of hydrogen-bond acceptors (Lipinski definition) is 7. The Morgan fingerprint density at radius 1 is 1.30 bits per heavy atom. The maximum atomic E-state index is 12.6. The van der Waals surface area contributed by atoms with E-state index in [2.05, 4.69) is 10.6 Å². The molecule has 2 aromatic heterocycles. The number of aryl methyl sites for hydroxylation is 2. The fourth-order valence-corrected chi connectivity index (χ4v) is 5.10. The van der Waals surface area contributed by atoms with Crippen molar-refractivity contribution in [2.24, 2.45) is 7.05 Å². The molecule has 1 fully saturated rings. The summed E-state index contributed by atoms with van der Waals surface area (Å²) in [6, 6.07) is 7.16. The van der Waals surface area contributed by atoms with E-state index in [1.54, 1.807) is 32.4 Å². The van der Waals surface area contributed by atoms with Crippen LogP contribution in [0.1, 0.15) is 44.7 Å². The monoisotopic (exact) mass is 510 g/mol. The molecule has 0 aliphatic carbocycles. The van der Waals surface area contributed by atoms with E-state index in [1.165, 1.54) is 0 Å². The highest BCUT2D eigenvalue weighted by Crippen LogP contribution is 2.28. The van der Waals surface area contributed by atoms with Crippen LogP contribution in [0.5, 0.6) is 0 Å². The Hall–Kier alpha value is -3.01. The number of aromatic nitrogens is 3. The molecular formula is C28H38N4O5. The van der Waals surface area contributed by atoms with E-state index in [4.69, 9.17) is 14.5 Å². The molecule has 9 nitrogen and oxygen atoms in total. The summed E-state index contributed by atoms with van der Waals surface area (Å²) in [5.74, 6) is 0.349. The van der Waals surface area contributed by atoms with Crippen LogP contribution in [0.15, 0.2) is 35.3 Å². The highest BCUT2D eigenvalue weighted by Gasteiger charge is 2.30. The Bertz CT molecular complexity index is 1290. The molecule has 1 aromatic carbocycles. The zero-order valence-electron chi connectivity index (χ0n) is 22.6. The van der Waals surface area contributed by atoms with Crippen LogP contribution >= 0.6 is 0 Å². The number of ether oxygens (including phenoxy) is 2. The Morgan fingerprint density at radius 2 is 2.05 bits per heavy atom. The van der Waals surface area contributed by atoms with Crippen molar-refractivity contribution in [1.82, 2.24) is 19.0 Å². The molecular weight excluding hydrogens is 472 g/mol. The number of benzene rings is 1. The lowest BCUT2D eigenvalue weighted by molar-refractivity contribution is -0.157. The van der Waals surface area contributed by atoms with Crippen molar-refractivity contribution in [2.75, 3.05) is 13.7 Å². The predicted molar refractivity (Wildman–Crippen MR) is 142 cm³/mol. The van der Waals surface area contributed by atoms with Gasteiger partial charge in [-0.25, -0.2) is 4.98 Å². The molecule has 1 aliphatic rings. The zero-order chi connectivity index (χ0) is 26.9. The lowest BCUT2D eigenvalue weighted by atomic mass is 10.1. The maximum absolute atomic E-state index is 12.6. The van der Waals surface area contributed by atoms with Crippen LogP contribution in [-0.4, -0.2) is 68.1 Å². The van der Waals surface area contributed by atoms with Crippen LogP contribution in [0, 0.1) is 6.92 Å². The fourth-order valence-electron chi connectivity index (χ4n) is 5.10. The summed E-state index contributed by atoms with van der Waals surface area (Å²) in [4.78, 5) is 31.7. The summed E-state index contributed by atoms with van der Waals surface area (Å²) in [6.45, 7) is 8.87. The molecule has 3 aromatic rings. The minimum Gasteiger partial charge on any atom is -0.462 e. The summed E-state index contributed by atoms with van der Waals surface area (Å²) in [7, 11) is 3.56. The number of pyridine rings is 1. The molecule has 1 saturated heterocycles. The molecule has 0 radical (unpaired) electrons. The first-order valence-electron chi connectivity index (χ1n) is 12.9. The molecule has 0 unspecified atom stereocenters. The molecule has 0 spiro atoms. The third kappa shape index (κ3) is 5.95. The highest BCUT2D eigenvalue weighted by atomic mass is 16.5. The van der Waals surface area contributed by atoms with E-state index in [1.807, 2.05) is 43.3 Å². The van der Waals surface area contributed by atoms with Gasteiger partial charge in [0.1, 0.15) is 11.9 Å². The first-order valence-corrected chi connectivity index (χ1v) is 12.9. The summed E-state index contributed by atoms with van der Waals surface area (Å²) in [5, 5.41) is 10.3. The van der Waals surface area contributed by atoms with Gasteiger partial charge in [0, 0.05) is 37.5 Å². The van der Waals surface area contributed by atoms with Crippen molar-refractivity contribution >= 4 is 17.0 Å². The van der Waals surface area contributed by atoms with Crippen LogP contribution in [0.3, 0.4) is 0 Å². The van der Waals surface area contributed by atoms with Gasteiger partial charge >= 0.3 is 5.97 Å². The summed E-state index contributed by atoms with van der Waals surface area (Å²) in [6.07, 6.45) is 2.80. The molecule has 3 atom stereocenters. The van der Waals surface area contributed by atoms with Crippen LogP contribution in [-0.2, 0) is 34.4 Å². The second-order valence-corrected chi connectivity index (χ2v) is 10.4. The summed E-state index contributed by atoms with van der Waals surface area (Å²) in [5.41, 5.74) is 4.29. The standard InChI is InChI=1S/C28H38N4O5/c1-17(2)37-28(35)25(19(4)33)30(5)14-20-9-10-23-24(13-20)32(16-22-8-7-11-36-22)26(29-23)21-12-18(3)27(34)31(6)15-21/h9-10,12-13,15,17,19,22,25,33H,7-8,11,14,16H2,1-6H3/t19-,22+,25+/m1/s1. The van der Waals surface area contributed by atoms with Crippen LogP contribution in [0.2, 0.25) is 0 Å². The van der Waals surface area contributed by atoms with Gasteiger partial charge in [-0.2, -0.15) is 0 Å². The number of nitrogens with zero attached hydrogens (tertiary/aromatic N) is 4. The lowest BCUT2D eigenvalue weighted by Gasteiger charge is -2.29. The third-order valence-electron chi connectivity index (χ3n) is 6.80. The minimum absolute atomic E-state index is 0.0282. The molecule has 1 aliphatic heterocycles. The first kappa shape index (κ1) is 27.0. The van der Waals surface area contributed by atoms with E-state index >= 15 is 0 Å². The number of esters is 1. The summed E-state index contributed by atoms with van der Waals surface area (Å²) < 4.78 is 15.1. The van der Waals surface area contributed by atoms with Gasteiger partial charge < -0.3 is 23.7 Å². The highest BCUT2D eigenvalue weighted by molar-refractivity contribution is 5.81. The molecule has 0 amide bonds. The molecule has 37 heavy (non-hydrogen) atoms. The molecule has 200 valence electrons. The van der Waals surface area contributed by atoms with Gasteiger partial charge in [-0.1, -0.05) is 6.07 Å². The smallest absolute Gasteiger partial charge is 0.326 e. The average molecular weight is 511 g/mol. The van der Waals surface area contributed by atoms with Crippen molar-refractivity contribution in [3.63, 3.8) is 0 Å².